The van der Waals surface area contributed by atoms with Gasteiger partial charge in [-0.05, 0) is 18.2 Å². The van der Waals surface area contributed by atoms with Crippen LogP contribution in [-0.2, 0) is 0 Å². The lowest BCUT2D eigenvalue weighted by Gasteiger charge is -2.08. The molecule has 0 aliphatic heterocycles. The monoisotopic (exact) mass is 328 g/mol. The highest BCUT2D eigenvalue weighted by Gasteiger charge is 2.16. The molecule has 1 N–H and O–H groups in total. The zero-order valence-electron chi connectivity index (χ0n) is 11.5. The fourth-order valence-corrected chi connectivity index (χ4v) is 2.11. The Morgan fingerprint density at radius 2 is 1.78 bits per heavy atom. The summed E-state index contributed by atoms with van der Waals surface area (Å²) in [6, 6.07) is 7.91. The van der Waals surface area contributed by atoms with E-state index in [4.69, 9.17) is 11.6 Å². The maximum Gasteiger partial charge on any atom is 0.341 e. The van der Waals surface area contributed by atoms with E-state index in [9.17, 15) is 14.7 Å². The van der Waals surface area contributed by atoms with Crippen molar-refractivity contribution < 1.29 is 9.90 Å². The summed E-state index contributed by atoms with van der Waals surface area (Å²) in [6.07, 6.45) is 4.05. The van der Waals surface area contributed by atoms with Crippen LogP contribution in [0.2, 0.25) is 5.02 Å². The Morgan fingerprint density at radius 3 is 2.39 bits per heavy atom. The molecule has 3 rings (SSSR count). The second-order valence-electron chi connectivity index (χ2n) is 4.57. The first-order valence-corrected chi connectivity index (χ1v) is 6.83. The molecule has 23 heavy (non-hydrogen) atoms. The largest absolute Gasteiger partial charge is 0.477 e. The van der Waals surface area contributed by atoms with Crippen molar-refractivity contribution in [2.75, 3.05) is 0 Å². The number of carboxylic acid groups (broad SMARTS) is 1. The highest BCUT2D eigenvalue weighted by Crippen LogP contribution is 2.20. The summed E-state index contributed by atoms with van der Waals surface area (Å²) < 4.78 is 0.966. The average molecular weight is 329 g/mol. The van der Waals surface area contributed by atoms with Gasteiger partial charge in [0.05, 0.1) is 18.1 Å². The predicted molar refractivity (Wildman–Crippen MR) is 82.8 cm³/mol. The number of benzene rings is 1. The topological polar surface area (TPSA) is 98.0 Å². The summed E-state index contributed by atoms with van der Waals surface area (Å²) in [5.41, 5.74) is 0.0691. The van der Waals surface area contributed by atoms with E-state index in [2.05, 4.69) is 15.1 Å². The number of carboxylic acids is 1. The molecule has 0 saturated heterocycles. The van der Waals surface area contributed by atoms with Gasteiger partial charge in [-0.25, -0.2) is 14.8 Å². The fourth-order valence-electron chi connectivity index (χ4n) is 1.99. The second kappa shape index (κ2) is 5.98. The van der Waals surface area contributed by atoms with Gasteiger partial charge in [0, 0.05) is 10.6 Å². The summed E-state index contributed by atoms with van der Waals surface area (Å²) in [5.74, 6) is -1.33. The van der Waals surface area contributed by atoms with Crippen LogP contribution in [0.5, 0.6) is 0 Å². The molecule has 0 radical (unpaired) electrons. The van der Waals surface area contributed by atoms with Gasteiger partial charge >= 0.3 is 5.97 Å². The van der Waals surface area contributed by atoms with Crippen molar-refractivity contribution in [2.45, 2.75) is 0 Å². The van der Waals surface area contributed by atoms with Crippen molar-refractivity contribution in [1.82, 2.24) is 19.7 Å². The standard InChI is InChI=1S/C15H9ClN4O3/c16-10-3-1-9(2-4-10)13-5-12(15(22)23)14(21)20(19-13)11-6-17-8-18-7-11/h1-8H,(H,22,23). The number of carbonyl (C=O) groups is 1. The van der Waals surface area contributed by atoms with E-state index in [0.29, 0.717) is 16.3 Å². The van der Waals surface area contributed by atoms with Crippen LogP contribution >= 0.6 is 11.6 Å². The van der Waals surface area contributed by atoms with Crippen molar-refractivity contribution in [1.29, 1.82) is 0 Å². The van der Waals surface area contributed by atoms with Crippen LogP contribution in [0.25, 0.3) is 16.9 Å². The molecule has 0 aliphatic carbocycles. The maximum absolute atomic E-state index is 12.3. The number of hydrogen-bond donors (Lipinski definition) is 1. The molecule has 2 heterocycles. The minimum absolute atomic E-state index is 0.274. The predicted octanol–water partition coefficient (Wildman–Crippen LogP) is 2.04. The van der Waals surface area contributed by atoms with Gasteiger partial charge in [-0.2, -0.15) is 9.78 Å². The number of aromatic nitrogens is 4. The Labute approximate surface area is 134 Å². The second-order valence-corrected chi connectivity index (χ2v) is 5.01. The van der Waals surface area contributed by atoms with E-state index in [1.807, 2.05) is 0 Å². The van der Waals surface area contributed by atoms with Gasteiger partial charge in [0.1, 0.15) is 17.6 Å². The lowest BCUT2D eigenvalue weighted by molar-refractivity contribution is 0.0694. The summed E-state index contributed by atoms with van der Waals surface area (Å²) >= 11 is 5.85. The molecule has 3 aromatic rings. The Morgan fingerprint density at radius 1 is 1.13 bits per heavy atom. The van der Waals surface area contributed by atoms with Crippen LogP contribution in [0.3, 0.4) is 0 Å². The molecule has 0 saturated carbocycles. The van der Waals surface area contributed by atoms with Crippen molar-refractivity contribution in [2.24, 2.45) is 0 Å². The first-order chi connectivity index (χ1) is 11.1. The Hall–Kier alpha value is -3.06. The maximum atomic E-state index is 12.3. The highest BCUT2D eigenvalue weighted by atomic mass is 35.5. The van der Waals surface area contributed by atoms with Crippen molar-refractivity contribution in [3.8, 4) is 16.9 Å². The van der Waals surface area contributed by atoms with E-state index in [-0.39, 0.29) is 5.69 Å². The van der Waals surface area contributed by atoms with E-state index in [1.165, 1.54) is 24.8 Å². The number of aromatic carboxylic acids is 1. The van der Waals surface area contributed by atoms with Crippen molar-refractivity contribution in [3.63, 3.8) is 0 Å². The lowest BCUT2D eigenvalue weighted by Crippen LogP contribution is -2.28. The molecule has 114 valence electrons. The minimum atomic E-state index is -1.33. The van der Waals surface area contributed by atoms with E-state index >= 15 is 0 Å². The van der Waals surface area contributed by atoms with Gasteiger partial charge in [0.25, 0.3) is 5.56 Å². The highest BCUT2D eigenvalue weighted by molar-refractivity contribution is 6.30. The molecular weight excluding hydrogens is 320 g/mol. The Balaban J connectivity index is 2.26. The molecule has 0 unspecified atom stereocenters. The van der Waals surface area contributed by atoms with Crippen LogP contribution < -0.4 is 5.56 Å². The Kier molecular flexibility index (Phi) is 3.86. The Bertz CT molecular complexity index is 924. The van der Waals surface area contributed by atoms with Crippen LogP contribution in [0.4, 0.5) is 0 Å². The van der Waals surface area contributed by atoms with E-state index in [1.54, 1.807) is 24.3 Å². The molecule has 1 aromatic carbocycles. The van der Waals surface area contributed by atoms with E-state index in [0.717, 1.165) is 4.68 Å². The summed E-state index contributed by atoms with van der Waals surface area (Å²) in [6.45, 7) is 0. The number of nitrogens with zero attached hydrogens (tertiary/aromatic N) is 4. The van der Waals surface area contributed by atoms with Crippen LogP contribution in [0, 0.1) is 0 Å². The van der Waals surface area contributed by atoms with Gasteiger partial charge in [-0.3, -0.25) is 4.79 Å². The first-order valence-electron chi connectivity index (χ1n) is 6.45. The third kappa shape index (κ3) is 2.95. The van der Waals surface area contributed by atoms with Gasteiger partial charge in [0.15, 0.2) is 0 Å². The molecule has 2 aromatic heterocycles. The smallest absolute Gasteiger partial charge is 0.341 e. The van der Waals surface area contributed by atoms with Gasteiger partial charge < -0.3 is 5.11 Å². The molecule has 0 amide bonds. The molecule has 8 heteroatoms. The zero-order valence-corrected chi connectivity index (χ0v) is 12.3. The molecular formula is C15H9ClN4O3. The lowest BCUT2D eigenvalue weighted by atomic mass is 10.1. The van der Waals surface area contributed by atoms with Crippen molar-refractivity contribution >= 4 is 17.6 Å². The van der Waals surface area contributed by atoms with Crippen LogP contribution in [0.15, 0.2) is 53.8 Å². The van der Waals surface area contributed by atoms with E-state index < -0.39 is 17.1 Å². The first kappa shape index (κ1) is 14.9. The fraction of sp³-hybridized carbons (Fsp3) is 0. The molecule has 0 fully saturated rings. The SMILES string of the molecule is O=C(O)c1cc(-c2ccc(Cl)cc2)nn(-c2cncnc2)c1=O. The number of rotatable bonds is 3. The molecule has 7 nitrogen and oxygen atoms in total. The number of halogens is 1. The zero-order chi connectivity index (χ0) is 16.4. The van der Waals surface area contributed by atoms with Gasteiger partial charge in [-0.1, -0.05) is 23.7 Å². The van der Waals surface area contributed by atoms with Gasteiger partial charge in [0.2, 0.25) is 0 Å². The average Bonchev–Trinajstić information content (AvgIpc) is 2.56. The summed E-state index contributed by atoms with van der Waals surface area (Å²) in [5, 5.41) is 14.0. The molecule has 0 spiro atoms. The summed E-state index contributed by atoms with van der Waals surface area (Å²) in [4.78, 5) is 31.3. The van der Waals surface area contributed by atoms with Crippen LogP contribution in [0.1, 0.15) is 10.4 Å². The molecule has 0 bridgehead atoms. The number of hydrogen-bond acceptors (Lipinski definition) is 5. The molecule has 0 atom stereocenters. The minimum Gasteiger partial charge on any atom is -0.477 e. The summed E-state index contributed by atoms with van der Waals surface area (Å²) in [7, 11) is 0. The van der Waals surface area contributed by atoms with Crippen LogP contribution in [-0.4, -0.2) is 30.8 Å². The molecule has 0 aliphatic rings. The third-order valence-electron chi connectivity index (χ3n) is 3.07. The third-order valence-corrected chi connectivity index (χ3v) is 3.33. The van der Waals surface area contributed by atoms with Gasteiger partial charge in [-0.15, -0.1) is 0 Å². The normalized spacial score (nSPS) is 10.5. The quantitative estimate of drug-likeness (QED) is 0.790. The van der Waals surface area contributed by atoms with Crippen molar-refractivity contribution in [3.05, 3.63) is 70.0 Å².